The SMILES string of the molecule is Cn1nc2c(C#N)c(-n3c4cc(C(F)(F)F)ccc4c4ccc(C(F)(F)F)cc43)c(-n3c4cc(C(F)(F)F)ccc4c4ccc(C(F)(F)F)cc43)c(C#N)c2n1. The van der Waals surface area contributed by atoms with Crippen molar-refractivity contribution >= 4 is 54.6 Å². The van der Waals surface area contributed by atoms with Gasteiger partial charge in [-0.05, 0) is 48.5 Å². The van der Waals surface area contributed by atoms with E-state index in [1.54, 1.807) is 0 Å². The Kier molecular flexibility index (Phi) is 7.52. The summed E-state index contributed by atoms with van der Waals surface area (Å²) in [5.74, 6) is 0. The van der Waals surface area contributed by atoms with Gasteiger partial charge in [-0.15, -0.1) is 0 Å². The molecule has 0 aliphatic carbocycles. The molecule has 0 aliphatic rings. The maximum Gasteiger partial charge on any atom is 0.416 e. The van der Waals surface area contributed by atoms with E-state index in [1.807, 2.05) is 12.1 Å². The molecule has 0 N–H and O–H groups in total. The van der Waals surface area contributed by atoms with Crippen LogP contribution in [0.3, 0.4) is 0 Å². The molecule has 282 valence electrons. The Labute approximate surface area is 303 Å². The lowest BCUT2D eigenvalue weighted by molar-refractivity contribution is -0.138. The van der Waals surface area contributed by atoms with Crippen molar-refractivity contribution in [3.05, 3.63) is 106 Å². The Morgan fingerprint density at radius 1 is 0.446 bits per heavy atom. The lowest BCUT2D eigenvalue weighted by Crippen LogP contribution is -2.12. The second kappa shape index (κ2) is 11.6. The fraction of sp³-hybridized carbons (Fsp3) is 0.135. The van der Waals surface area contributed by atoms with E-state index < -0.39 is 103 Å². The Bertz CT molecular complexity index is 2720. The summed E-state index contributed by atoms with van der Waals surface area (Å²) in [6, 6.07) is 12.4. The van der Waals surface area contributed by atoms with E-state index in [0.717, 1.165) is 38.2 Å². The molecule has 7 nitrogen and oxygen atoms in total. The zero-order chi connectivity index (χ0) is 40.4. The molecule has 56 heavy (non-hydrogen) atoms. The number of benzene rings is 5. The summed E-state index contributed by atoms with van der Waals surface area (Å²) >= 11 is 0. The van der Waals surface area contributed by atoms with Gasteiger partial charge < -0.3 is 9.13 Å². The third-order valence-corrected chi connectivity index (χ3v) is 9.40. The first-order valence-electron chi connectivity index (χ1n) is 15.8. The van der Waals surface area contributed by atoms with Crippen molar-refractivity contribution in [2.45, 2.75) is 24.7 Å². The number of rotatable bonds is 2. The molecule has 0 spiro atoms. The smallest absolute Gasteiger partial charge is 0.306 e. The van der Waals surface area contributed by atoms with Crippen molar-refractivity contribution in [2.24, 2.45) is 7.05 Å². The van der Waals surface area contributed by atoms with Gasteiger partial charge in [-0.1, -0.05) is 24.3 Å². The average molecular weight is 786 g/mol. The fourth-order valence-corrected chi connectivity index (χ4v) is 7.08. The number of hydrogen-bond acceptors (Lipinski definition) is 4. The van der Waals surface area contributed by atoms with Crippen LogP contribution in [0, 0.1) is 22.7 Å². The van der Waals surface area contributed by atoms with Crippen LogP contribution in [0.4, 0.5) is 52.7 Å². The number of aryl methyl sites for hydroxylation is 1. The van der Waals surface area contributed by atoms with E-state index in [9.17, 15) is 63.2 Å². The molecule has 0 radical (unpaired) electrons. The van der Waals surface area contributed by atoms with Gasteiger partial charge in [-0.2, -0.15) is 78.2 Å². The maximum absolute atomic E-state index is 14.3. The first kappa shape index (κ1) is 36.2. The van der Waals surface area contributed by atoms with Crippen LogP contribution in [0.2, 0.25) is 0 Å². The highest BCUT2D eigenvalue weighted by Gasteiger charge is 2.37. The van der Waals surface area contributed by atoms with Crippen LogP contribution >= 0.6 is 0 Å². The van der Waals surface area contributed by atoms with Gasteiger partial charge >= 0.3 is 24.7 Å². The van der Waals surface area contributed by atoms with Crippen molar-refractivity contribution in [1.82, 2.24) is 24.1 Å². The Morgan fingerprint density at radius 3 is 0.911 bits per heavy atom. The van der Waals surface area contributed by atoms with Gasteiger partial charge in [0.25, 0.3) is 0 Å². The number of fused-ring (bicyclic) bond motifs is 7. The molecule has 0 amide bonds. The molecule has 5 aromatic carbocycles. The molecule has 3 aromatic heterocycles. The number of nitrogens with zero attached hydrogens (tertiary/aromatic N) is 7. The van der Waals surface area contributed by atoms with Crippen LogP contribution in [0.25, 0.3) is 66.0 Å². The van der Waals surface area contributed by atoms with Gasteiger partial charge in [-0.25, -0.2) is 0 Å². The third kappa shape index (κ3) is 5.36. The van der Waals surface area contributed by atoms with Gasteiger partial charge in [0.05, 0.1) is 55.7 Å². The van der Waals surface area contributed by atoms with Crippen LogP contribution in [0.5, 0.6) is 0 Å². The number of aromatic nitrogens is 5. The Hall–Kier alpha value is -6.76. The van der Waals surface area contributed by atoms with Crippen LogP contribution in [0.15, 0.2) is 72.8 Å². The molecule has 19 heteroatoms. The van der Waals surface area contributed by atoms with Crippen molar-refractivity contribution in [3.8, 4) is 23.5 Å². The second-order valence-corrected chi connectivity index (χ2v) is 12.6. The minimum atomic E-state index is -5.03. The van der Waals surface area contributed by atoms with Gasteiger partial charge in [0, 0.05) is 28.6 Å². The molecule has 0 fully saturated rings. The largest absolute Gasteiger partial charge is 0.416 e. The van der Waals surface area contributed by atoms with Crippen molar-refractivity contribution < 1.29 is 52.7 Å². The number of hydrogen-bond donors (Lipinski definition) is 0. The minimum absolute atomic E-state index is 0.0877. The van der Waals surface area contributed by atoms with E-state index >= 15 is 0 Å². The van der Waals surface area contributed by atoms with Crippen LogP contribution in [0.1, 0.15) is 33.4 Å². The number of halogens is 12. The molecule has 0 unspecified atom stereocenters. The van der Waals surface area contributed by atoms with Crippen molar-refractivity contribution in [3.63, 3.8) is 0 Å². The number of alkyl halides is 12. The third-order valence-electron chi connectivity index (χ3n) is 9.40. The fourth-order valence-electron chi connectivity index (χ4n) is 7.08. The van der Waals surface area contributed by atoms with Crippen LogP contribution in [-0.4, -0.2) is 24.1 Å². The Balaban J connectivity index is 1.71. The van der Waals surface area contributed by atoms with Gasteiger partial charge in [0.15, 0.2) is 0 Å². The first-order chi connectivity index (χ1) is 26.1. The first-order valence-corrected chi connectivity index (χ1v) is 15.8. The summed E-state index contributed by atoms with van der Waals surface area (Å²) in [6.45, 7) is 0. The second-order valence-electron chi connectivity index (χ2n) is 12.6. The van der Waals surface area contributed by atoms with Gasteiger partial charge in [0.1, 0.15) is 34.3 Å². The summed E-state index contributed by atoms with van der Waals surface area (Å²) in [5.41, 5.74) is -10.5. The summed E-state index contributed by atoms with van der Waals surface area (Å²) in [4.78, 5) is 0.880. The molecule has 8 aromatic rings. The maximum atomic E-state index is 14.3. The van der Waals surface area contributed by atoms with Crippen molar-refractivity contribution in [2.75, 3.05) is 0 Å². The summed E-state index contributed by atoms with van der Waals surface area (Å²) < 4.78 is 173. The summed E-state index contributed by atoms with van der Waals surface area (Å²) in [7, 11) is 1.25. The van der Waals surface area contributed by atoms with E-state index in [-0.39, 0.29) is 21.5 Å². The zero-order valence-electron chi connectivity index (χ0n) is 27.6. The molecular formula is C37H15F12N7. The van der Waals surface area contributed by atoms with Crippen molar-refractivity contribution in [1.29, 1.82) is 10.5 Å². The highest BCUT2D eigenvalue weighted by molar-refractivity contribution is 6.13. The molecule has 0 bridgehead atoms. The zero-order valence-corrected chi connectivity index (χ0v) is 27.6. The Morgan fingerprint density at radius 2 is 0.696 bits per heavy atom. The topological polar surface area (TPSA) is 88.1 Å². The quantitative estimate of drug-likeness (QED) is 0.163. The standard InChI is InChI=1S/C37H15F12N7/c1-54-52-30-24(14-50)32(55-26-10-16(34(38,39)40)2-6-20(26)21-7-3-17(11-27(21)55)35(41,42)43)33(25(15-51)31(30)53-54)56-28-12-18(36(44,45)46)4-8-22(28)23-9-5-19(13-29(23)56)37(47,48)49/h2-13H,1H3. The van der Waals surface area contributed by atoms with Gasteiger partial charge in [0.2, 0.25) is 0 Å². The lowest BCUT2D eigenvalue weighted by Gasteiger charge is -2.21. The lowest BCUT2D eigenvalue weighted by atomic mass is 10.0. The highest BCUT2D eigenvalue weighted by atomic mass is 19.4. The highest BCUT2D eigenvalue weighted by Crippen LogP contribution is 2.46. The minimum Gasteiger partial charge on any atom is -0.306 e. The predicted molar refractivity (Wildman–Crippen MR) is 177 cm³/mol. The van der Waals surface area contributed by atoms with Crippen LogP contribution < -0.4 is 0 Å². The molecule has 0 atom stereocenters. The molecule has 0 saturated heterocycles. The molecule has 3 heterocycles. The average Bonchev–Trinajstić information content (AvgIpc) is 3.76. The molecule has 8 rings (SSSR count). The molecule has 0 aliphatic heterocycles. The van der Waals surface area contributed by atoms with E-state index in [1.165, 1.54) is 7.05 Å². The monoisotopic (exact) mass is 785 g/mol. The van der Waals surface area contributed by atoms with Gasteiger partial charge in [-0.3, -0.25) is 0 Å². The van der Waals surface area contributed by atoms with E-state index in [2.05, 4.69) is 10.2 Å². The summed E-state index contributed by atoms with van der Waals surface area (Å²) in [6.07, 6.45) is -20.1. The summed E-state index contributed by atoms with van der Waals surface area (Å²) in [5, 5.41) is 29.4. The van der Waals surface area contributed by atoms with E-state index in [4.69, 9.17) is 0 Å². The normalized spacial score (nSPS) is 13.1. The molecular weight excluding hydrogens is 770 g/mol. The van der Waals surface area contributed by atoms with Crippen LogP contribution in [-0.2, 0) is 31.8 Å². The molecule has 0 saturated carbocycles. The number of nitriles is 2. The predicted octanol–water partition coefficient (Wildman–Crippen LogP) is 11.0. The van der Waals surface area contributed by atoms with E-state index in [0.29, 0.717) is 48.5 Å².